The summed E-state index contributed by atoms with van der Waals surface area (Å²) in [6.45, 7) is 9.52. The van der Waals surface area contributed by atoms with E-state index in [1.807, 2.05) is 89.9 Å². The van der Waals surface area contributed by atoms with Crippen molar-refractivity contribution in [1.29, 1.82) is 0 Å². The Morgan fingerprint density at radius 1 is 0.548 bits per heavy atom. The first-order valence-electron chi connectivity index (χ1n) is 14.0. The average molecular weight is 652 g/mol. The van der Waals surface area contributed by atoms with Gasteiger partial charge in [0.2, 0.25) is 0 Å². The molecule has 6 rings (SSSR count). The molecule has 0 aromatic carbocycles. The summed E-state index contributed by atoms with van der Waals surface area (Å²) in [5.74, 6) is 4.49. The van der Waals surface area contributed by atoms with Crippen LogP contribution in [-0.2, 0) is 43.6 Å². The maximum Gasteiger partial charge on any atom is 2.00 e. The summed E-state index contributed by atoms with van der Waals surface area (Å²) in [6, 6.07) is 0.218. The second kappa shape index (κ2) is 19.4. The zero-order valence-electron chi connectivity index (χ0n) is 24.4. The van der Waals surface area contributed by atoms with Crippen LogP contribution in [0, 0.1) is 138 Å². The Labute approximate surface area is 278 Å². The Bertz CT molecular complexity index is 734. The van der Waals surface area contributed by atoms with E-state index in [-0.39, 0.29) is 46.2 Å². The molecule has 222 valence electrons. The largest absolute Gasteiger partial charge is 2.00 e. The third-order valence-corrected chi connectivity index (χ3v) is 7.09. The molecule has 0 spiro atoms. The van der Waals surface area contributed by atoms with Gasteiger partial charge in [-0.05, 0) is 115 Å². The zero-order chi connectivity index (χ0) is 28.5. The molecule has 4 atom stereocenters. The third kappa shape index (κ3) is 10.5. The van der Waals surface area contributed by atoms with Gasteiger partial charge in [0.15, 0.2) is 11.8 Å². The van der Waals surface area contributed by atoms with E-state index in [2.05, 4.69) is 37.7 Å². The molecular formula is C34H40Fe2N2O4+4. The van der Waals surface area contributed by atoms with E-state index < -0.39 is 12.2 Å². The second-order valence-electron chi connectivity index (χ2n) is 10.7. The number of hydrogen-bond donors (Lipinski definition) is 2. The molecule has 42 heavy (non-hydrogen) atoms. The predicted octanol–water partition coefficient (Wildman–Crippen LogP) is 4.20. The molecule has 4 aliphatic carbocycles. The van der Waals surface area contributed by atoms with Gasteiger partial charge >= 0.3 is 34.1 Å². The Morgan fingerprint density at radius 3 is 1.12 bits per heavy atom. The Morgan fingerprint density at radius 2 is 0.857 bits per heavy atom. The molecule has 2 heterocycles. The molecule has 2 N–H and O–H groups in total. The van der Waals surface area contributed by atoms with Crippen molar-refractivity contribution in [3.05, 3.63) is 126 Å². The zero-order valence-corrected chi connectivity index (χ0v) is 26.6. The molecule has 0 amide bonds. The monoisotopic (exact) mass is 652 g/mol. The molecule has 0 unspecified atom stereocenters. The SMILES string of the molecule is CC(C)[C@H]1COC([C]2[CH][CH][CH][C]2[C@@H](O)[C@H](O)[C]2[CH][CH][CH][C]2C2=N[C@@H](C(C)C)CO2)=N1.[CH]1[CH][CH][CH][CH]1.[CH]1[CH][CH][CH][CH]1.[Fe+2].[Fe+2]. The molecule has 2 aliphatic heterocycles. The van der Waals surface area contributed by atoms with Crippen LogP contribution < -0.4 is 0 Å². The van der Waals surface area contributed by atoms with E-state index in [1.54, 1.807) is 12.8 Å². The van der Waals surface area contributed by atoms with Crippen molar-refractivity contribution in [2.24, 2.45) is 21.8 Å². The van der Waals surface area contributed by atoms with Crippen LogP contribution in [0.25, 0.3) is 0 Å². The van der Waals surface area contributed by atoms with Crippen LogP contribution in [0.3, 0.4) is 0 Å². The summed E-state index contributed by atoms with van der Waals surface area (Å²) in [7, 11) is 0. The van der Waals surface area contributed by atoms with Crippen LogP contribution in [0.1, 0.15) is 27.7 Å². The van der Waals surface area contributed by atoms with Crippen LogP contribution in [0.2, 0.25) is 0 Å². The first kappa shape index (κ1) is 38.1. The summed E-state index contributed by atoms with van der Waals surface area (Å²) in [4.78, 5) is 9.33. The number of hydrogen-bond acceptors (Lipinski definition) is 6. The Kier molecular flexibility index (Phi) is 17.6. The van der Waals surface area contributed by atoms with Gasteiger partial charge in [0.1, 0.15) is 13.2 Å². The summed E-state index contributed by atoms with van der Waals surface area (Å²) in [5, 5.41) is 22.1. The van der Waals surface area contributed by atoms with E-state index in [1.165, 1.54) is 0 Å². The van der Waals surface area contributed by atoms with Crippen LogP contribution >= 0.6 is 0 Å². The van der Waals surface area contributed by atoms with E-state index in [0.29, 0.717) is 48.7 Å². The Balaban J connectivity index is 0.000000433. The van der Waals surface area contributed by atoms with Gasteiger partial charge in [-0.1, -0.05) is 27.7 Å². The second-order valence-corrected chi connectivity index (χ2v) is 10.7. The molecule has 6 aliphatic rings. The number of aliphatic hydroxyl groups excluding tert-OH is 2. The minimum atomic E-state index is -1.12. The number of aliphatic imine (C=N–C) groups is 2. The van der Waals surface area contributed by atoms with Crippen LogP contribution in [0.5, 0.6) is 0 Å². The molecule has 4 saturated carbocycles. The van der Waals surface area contributed by atoms with Gasteiger partial charge < -0.3 is 19.7 Å². The number of ether oxygens (including phenoxy) is 2. The maximum atomic E-state index is 11.0. The normalized spacial score (nSPS) is 28.1. The van der Waals surface area contributed by atoms with Crippen LogP contribution in [0.4, 0.5) is 0 Å². The third-order valence-electron chi connectivity index (χ3n) is 7.09. The smallest absolute Gasteiger partial charge is 0.478 e. The van der Waals surface area contributed by atoms with E-state index in [4.69, 9.17) is 9.47 Å². The predicted molar refractivity (Wildman–Crippen MR) is 158 cm³/mol. The Hall–Kier alpha value is -0.101. The van der Waals surface area contributed by atoms with Gasteiger partial charge in [-0.3, -0.25) is 0 Å². The van der Waals surface area contributed by atoms with Gasteiger partial charge in [0.05, 0.1) is 36.1 Å². The van der Waals surface area contributed by atoms with Gasteiger partial charge in [-0.15, -0.1) is 0 Å². The topological polar surface area (TPSA) is 83.6 Å². The van der Waals surface area contributed by atoms with Crippen molar-refractivity contribution >= 4 is 11.8 Å². The van der Waals surface area contributed by atoms with Crippen molar-refractivity contribution in [2.45, 2.75) is 52.0 Å². The van der Waals surface area contributed by atoms with Gasteiger partial charge in [-0.25, -0.2) is 9.98 Å². The van der Waals surface area contributed by atoms with E-state index >= 15 is 0 Å². The number of rotatable bonds is 7. The van der Waals surface area contributed by atoms with Crippen molar-refractivity contribution in [3.8, 4) is 0 Å². The summed E-state index contributed by atoms with van der Waals surface area (Å²) >= 11 is 0. The van der Waals surface area contributed by atoms with Gasteiger partial charge in [0, 0.05) is 11.8 Å². The fourth-order valence-electron chi connectivity index (χ4n) is 4.51. The molecule has 0 saturated heterocycles. The van der Waals surface area contributed by atoms with E-state index in [0.717, 1.165) is 11.8 Å². The first-order chi connectivity index (χ1) is 19.4. The fraction of sp³-hybridized carbons (Fsp3) is 0.353. The number of aliphatic hydroxyl groups is 2. The van der Waals surface area contributed by atoms with E-state index in [9.17, 15) is 10.2 Å². The van der Waals surface area contributed by atoms with Gasteiger partial charge in [0.25, 0.3) is 0 Å². The summed E-state index contributed by atoms with van der Waals surface area (Å²) in [6.07, 6.45) is 28.8. The fourth-order valence-corrected chi connectivity index (χ4v) is 4.51. The number of nitrogens with zero attached hydrogens (tertiary/aromatic N) is 2. The molecule has 0 aromatic heterocycles. The molecule has 8 heteroatoms. The molecule has 20 radical (unpaired) electrons. The van der Waals surface area contributed by atoms with Crippen LogP contribution in [-0.4, -0.2) is 59.5 Å². The molecule has 4 fully saturated rings. The molecule has 0 bridgehead atoms. The van der Waals surface area contributed by atoms with Crippen molar-refractivity contribution in [1.82, 2.24) is 0 Å². The summed E-state index contributed by atoms with van der Waals surface area (Å²) < 4.78 is 11.6. The molecular weight excluding hydrogens is 612 g/mol. The van der Waals surface area contributed by atoms with Crippen molar-refractivity contribution in [3.63, 3.8) is 0 Å². The molecule has 6 nitrogen and oxygen atoms in total. The maximum absolute atomic E-state index is 11.0. The standard InChI is InChI=1S/C24H30N2O4.2C5H5.2Fe/c1-13(2)19-11-29-23(25-19)17-9-5-7-15(17)21(27)22(28)16-8-6-10-18(16)24-26-20(12-30-24)14(3)4;2*1-2-4-5-3-1;;/h5-10,13-14,19-22,27-28H,11-12H2,1-4H3;2*1-5H;;/q;;;2*+2/t19-,20-,21-,22-;;;;/m1..../s1. The minimum absolute atomic E-state index is 0. The quantitative estimate of drug-likeness (QED) is 0.404. The first-order valence-corrected chi connectivity index (χ1v) is 14.0. The minimum Gasteiger partial charge on any atom is -0.478 e. The van der Waals surface area contributed by atoms with Gasteiger partial charge in [-0.2, -0.15) is 0 Å². The van der Waals surface area contributed by atoms with Crippen molar-refractivity contribution < 1.29 is 53.8 Å². The molecule has 0 aromatic rings. The average Bonchev–Trinajstić information content (AvgIpc) is 3.81. The summed E-state index contributed by atoms with van der Waals surface area (Å²) in [5.41, 5.74) is 0. The van der Waals surface area contributed by atoms with Crippen LogP contribution in [0.15, 0.2) is 9.98 Å². The van der Waals surface area contributed by atoms with Crippen molar-refractivity contribution in [2.75, 3.05) is 13.2 Å².